The van der Waals surface area contributed by atoms with Gasteiger partial charge >= 0.3 is 0 Å². The molecule has 2 N–H and O–H groups in total. The average molecular weight is 331 g/mol. The fourth-order valence-electron chi connectivity index (χ4n) is 2.22. The van der Waals surface area contributed by atoms with E-state index in [0.29, 0.717) is 6.54 Å². The van der Waals surface area contributed by atoms with Crippen molar-refractivity contribution in [2.24, 2.45) is 4.99 Å². The largest absolute Gasteiger partial charge is 0.357 e. The smallest absolute Gasteiger partial charge is 0.192 e. The molecule has 0 aliphatic heterocycles. The normalized spacial score (nSPS) is 12.8. The van der Waals surface area contributed by atoms with Gasteiger partial charge in [-0.15, -0.1) is 0 Å². The van der Waals surface area contributed by atoms with Crippen molar-refractivity contribution >= 4 is 17.6 Å². The lowest BCUT2D eigenvalue weighted by atomic mass is 10.1. The fraction of sp³-hybridized carbons (Fsp3) is 0.333. The van der Waals surface area contributed by atoms with Crippen LogP contribution in [0.4, 0.5) is 0 Å². The van der Waals surface area contributed by atoms with Gasteiger partial charge in [0.25, 0.3) is 0 Å². The average Bonchev–Trinajstić information content (AvgIpc) is 2.54. The van der Waals surface area contributed by atoms with E-state index in [0.717, 1.165) is 34.3 Å². The molecule has 0 spiro atoms. The standard InChI is InChI=1S/C18H23ClN4/c1-4-20-18(22-12-17-13(2)7-6-10-21-17)23-14(3)15-8-5-9-16(19)11-15/h5-11,14H,4,12H2,1-3H3,(H2,20,22,23). The molecule has 5 heteroatoms. The maximum atomic E-state index is 6.06. The maximum absolute atomic E-state index is 6.06. The van der Waals surface area contributed by atoms with Crippen molar-refractivity contribution in [2.45, 2.75) is 33.4 Å². The summed E-state index contributed by atoms with van der Waals surface area (Å²) >= 11 is 6.06. The van der Waals surface area contributed by atoms with Crippen molar-refractivity contribution in [1.82, 2.24) is 15.6 Å². The molecular formula is C18H23ClN4. The molecule has 1 aromatic carbocycles. The molecule has 0 aliphatic rings. The van der Waals surface area contributed by atoms with E-state index in [2.05, 4.69) is 33.6 Å². The van der Waals surface area contributed by atoms with Gasteiger partial charge in [0.05, 0.1) is 18.3 Å². The van der Waals surface area contributed by atoms with E-state index in [1.165, 1.54) is 0 Å². The first-order valence-electron chi connectivity index (χ1n) is 7.81. The molecule has 23 heavy (non-hydrogen) atoms. The summed E-state index contributed by atoms with van der Waals surface area (Å²) in [6.07, 6.45) is 1.80. The minimum atomic E-state index is 0.108. The number of pyridine rings is 1. The van der Waals surface area contributed by atoms with Crippen LogP contribution < -0.4 is 10.6 Å². The summed E-state index contributed by atoms with van der Waals surface area (Å²) in [7, 11) is 0. The highest BCUT2D eigenvalue weighted by atomic mass is 35.5. The third-order valence-electron chi connectivity index (χ3n) is 3.55. The molecule has 4 nitrogen and oxygen atoms in total. The Kier molecular flexibility index (Phi) is 6.41. The van der Waals surface area contributed by atoms with Gasteiger partial charge in [0.2, 0.25) is 0 Å². The van der Waals surface area contributed by atoms with Crippen molar-refractivity contribution in [3.63, 3.8) is 0 Å². The van der Waals surface area contributed by atoms with Gasteiger partial charge in [-0.3, -0.25) is 4.98 Å². The van der Waals surface area contributed by atoms with Crippen molar-refractivity contribution in [1.29, 1.82) is 0 Å². The summed E-state index contributed by atoms with van der Waals surface area (Å²) in [5.74, 6) is 0.769. The van der Waals surface area contributed by atoms with Crippen molar-refractivity contribution in [2.75, 3.05) is 6.54 Å². The van der Waals surface area contributed by atoms with Crippen LogP contribution in [0.3, 0.4) is 0 Å². The Morgan fingerprint density at radius 1 is 1.30 bits per heavy atom. The molecular weight excluding hydrogens is 308 g/mol. The predicted molar refractivity (Wildman–Crippen MR) is 96.8 cm³/mol. The number of aromatic nitrogens is 1. The van der Waals surface area contributed by atoms with E-state index in [4.69, 9.17) is 11.6 Å². The number of hydrogen-bond donors (Lipinski definition) is 2. The van der Waals surface area contributed by atoms with E-state index in [1.54, 1.807) is 6.20 Å². The van der Waals surface area contributed by atoms with Crippen molar-refractivity contribution in [3.8, 4) is 0 Å². The number of halogens is 1. The van der Waals surface area contributed by atoms with E-state index in [9.17, 15) is 0 Å². The van der Waals surface area contributed by atoms with Gasteiger partial charge in [0, 0.05) is 17.8 Å². The van der Waals surface area contributed by atoms with Crippen LogP contribution in [0, 0.1) is 6.92 Å². The minimum Gasteiger partial charge on any atom is -0.357 e. The lowest BCUT2D eigenvalue weighted by Gasteiger charge is -2.18. The molecule has 122 valence electrons. The second-order valence-electron chi connectivity index (χ2n) is 5.38. The highest BCUT2D eigenvalue weighted by Crippen LogP contribution is 2.17. The number of aryl methyl sites for hydroxylation is 1. The van der Waals surface area contributed by atoms with Crippen LogP contribution in [0.2, 0.25) is 5.02 Å². The first-order valence-corrected chi connectivity index (χ1v) is 8.18. The first kappa shape index (κ1) is 17.3. The molecule has 2 rings (SSSR count). The Morgan fingerprint density at radius 2 is 2.13 bits per heavy atom. The molecule has 0 saturated heterocycles. The molecule has 1 unspecified atom stereocenters. The molecule has 0 aliphatic carbocycles. The van der Waals surface area contributed by atoms with E-state index < -0.39 is 0 Å². The molecule has 0 amide bonds. The SMILES string of the molecule is CCNC(=NCc1ncccc1C)NC(C)c1cccc(Cl)c1. The summed E-state index contributed by atoms with van der Waals surface area (Å²) in [6.45, 7) is 7.53. The Balaban J connectivity index is 2.08. The molecule has 1 atom stereocenters. The number of benzene rings is 1. The van der Waals surface area contributed by atoms with Gasteiger partial charge in [-0.05, 0) is 50.1 Å². The van der Waals surface area contributed by atoms with Crippen LogP contribution in [0.5, 0.6) is 0 Å². The maximum Gasteiger partial charge on any atom is 0.192 e. The lowest BCUT2D eigenvalue weighted by Crippen LogP contribution is -2.38. The second-order valence-corrected chi connectivity index (χ2v) is 5.82. The van der Waals surface area contributed by atoms with E-state index in [-0.39, 0.29) is 6.04 Å². The second kappa shape index (κ2) is 8.53. The molecule has 0 saturated carbocycles. The summed E-state index contributed by atoms with van der Waals surface area (Å²) in [4.78, 5) is 9.01. The molecule has 0 radical (unpaired) electrons. The van der Waals surface area contributed by atoms with Gasteiger partial charge in [-0.25, -0.2) is 4.99 Å². The monoisotopic (exact) mass is 330 g/mol. The zero-order valence-corrected chi connectivity index (χ0v) is 14.6. The molecule has 2 aromatic rings. The summed E-state index contributed by atoms with van der Waals surface area (Å²) in [5, 5.41) is 7.41. The quantitative estimate of drug-likeness (QED) is 0.646. The van der Waals surface area contributed by atoms with Gasteiger partial charge in [-0.1, -0.05) is 29.8 Å². The number of nitrogens with zero attached hydrogens (tertiary/aromatic N) is 2. The van der Waals surface area contributed by atoms with Gasteiger partial charge in [0.1, 0.15) is 0 Å². The number of guanidine groups is 1. The van der Waals surface area contributed by atoms with Crippen molar-refractivity contribution in [3.05, 3.63) is 64.4 Å². The number of aliphatic imine (C=N–C) groups is 1. The molecule has 0 fully saturated rings. The Bertz CT molecular complexity index is 670. The number of rotatable bonds is 5. The molecule has 0 bridgehead atoms. The van der Waals surface area contributed by atoms with Crippen LogP contribution >= 0.6 is 11.6 Å². The van der Waals surface area contributed by atoms with Crippen LogP contribution in [0.15, 0.2) is 47.6 Å². The van der Waals surface area contributed by atoms with Gasteiger partial charge in [-0.2, -0.15) is 0 Å². The van der Waals surface area contributed by atoms with Crippen LogP contribution in [-0.2, 0) is 6.54 Å². The Hall–Kier alpha value is -2.07. The summed E-state index contributed by atoms with van der Waals surface area (Å²) in [6, 6.07) is 11.9. The molecule has 1 heterocycles. The van der Waals surface area contributed by atoms with Crippen molar-refractivity contribution < 1.29 is 0 Å². The van der Waals surface area contributed by atoms with Crippen LogP contribution in [0.1, 0.15) is 36.7 Å². The number of hydrogen-bond acceptors (Lipinski definition) is 2. The highest BCUT2D eigenvalue weighted by molar-refractivity contribution is 6.30. The zero-order valence-electron chi connectivity index (χ0n) is 13.8. The van der Waals surface area contributed by atoms with Gasteiger partial charge in [0.15, 0.2) is 5.96 Å². The highest BCUT2D eigenvalue weighted by Gasteiger charge is 2.08. The zero-order chi connectivity index (χ0) is 16.7. The molecule has 1 aromatic heterocycles. The predicted octanol–water partition coefficient (Wildman–Crippen LogP) is 3.86. The van der Waals surface area contributed by atoms with Gasteiger partial charge < -0.3 is 10.6 Å². The first-order chi connectivity index (χ1) is 11.1. The Morgan fingerprint density at radius 3 is 2.83 bits per heavy atom. The van der Waals surface area contributed by atoms with Crippen LogP contribution in [-0.4, -0.2) is 17.5 Å². The summed E-state index contributed by atoms with van der Waals surface area (Å²) in [5.41, 5.74) is 3.26. The topological polar surface area (TPSA) is 49.3 Å². The third kappa shape index (κ3) is 5.25. The van der Waals surface area contributed by atoms with E-state index >= 15 is 0 Å². The third-order valence-corrected chi connectivity index (χ3v) is 3.79. The van der Waals surface area contributed by atoms with Crippen LogP contribution in [0.25, 0.3) is 0 Å². The summed E-state index contributed by atoms with van der Waals surface area (Å²) < 4.78 is 0. The van der Waals surface area contributed by atoms with E-state index in [1.807, 2.05) is 44.2 Å². The Labute approximate surface area is 143 Å². The fourth-order valence-corrected chi connectivity index (χ4v) is 2.42. The minimum absolute atomic E-state index is 0.108. The lowest BCUT2D eigenvalue weighted by molar-refractivity contribution is 0.685. The number of nitrogens with one attached hydrogen (secondary N) is 2.